The maximum atomic E-state index is 12.7. The molecule has 0 bridgehead atoms. The second-order valence-corrected chi connectivity index (χ2v) is 5.70. The molecule has 0 spiro atoms. The van der Waals surface area contributed by atoms with Crippen LogP contribution in [0.3, 0.4) is 0 Å². The van der Waals surface area contributed by atoms with Crippen molar-refractivity contribution >= 4 is 16.7 Å². The van der Waals surface area contributed by atoms with Crippen molar-refractivity contribution < 1.29 is 18.0 Å². The molecule has 0 saturated carbocycles. The van der Waals surface area contributed by atoms with E-state index >= 15 is 0 Å². The van der Waals surface area contributed by atoms with Crippen LogP contribution in [0.25, 0.3) is 10.8 Å². The molecule has 0 unspecified atom stereocenters. The van der Waals surface area contributed by atoms with E-state index in [0.29, 0.717) is 14.8 Å². The molecular weight excluding hydrogens is 349 g/mol. The lowest BCUT2D eigenvalue weighted by Crippen LogP contribution is -2.31. The maximum absolute atomic E-state index is 12.7. The molecule has 0 atom stereocenters. The normalized spacial score (nSPS) is 11.7. The van der Waals surface area contributed by atoms with Gasteiger partial charge in [-0.1, -0.05) is 30.3 Å². The van der Waals surface area contributed by atoms with Gasteiger partial charge in [-0.2, -0.15) is 13.2 Å². The van der Waals surface area contributed by atoms with Crippen LogP contribution in [0.5, 0.6) is 0 Å². The zero-order chi connectivity index (χ0) is 18.9. The molecular formula is C17H15F3N4O2. The minimum atomic E-state index is -4.71. The van der Waals surface area contributed by atoms with Crippen molar-refractivity contribution in [3.05, 3.63) is 64.3 Å². The molecule has 0 aliphatic heterocycles. The maximum Gasteiger partial charge on any atom is 0.451 e. The highest BCUT2D eigenvalue weighted by atomic mass is 19.4. The summed E-state index contributed by atoms with van der Waals surface area (Å²) in [5.74, 6) is -1.65. The van der Waals surface area contributed by atoms with Crippen molar-refractivity contribution in [1.82, 2.24) is 19.7 Å². The Hall–Kier alpha value is -3.10. The van der Waals surface area contributed by atoms with Crippen molar-refractivity contribution in [2.45, 2.75) is 12.7 Å². The van der Waals surface area contributed by atoms with E-state index in [9.17, 15) is 22.8 Å². The number of rotatable bonds is 4. The third kappa shape index (κ3) is 3.46. The number of hydrogen-bond donors (Lipinski definition) is 1. The first kappa shape index (κ1) is 17.7. The molecule has 0 aliphatic carbocycles. The Balaban J connectivity index is 1.68. The van der Waals surface area contributed by atoms with Gasteiger partial charge in [0.2, 0.25) is 5.82 Å². The lowest BCUT2D eigenvalue weighted by molar-refractivity contribution is -0.147. The minimum Gasteiger partial charge on any atom is -0.350 e. The van der Waals surface area contributed by atoms with Gasteiger partial charge in [0.25, 0.3) is 5.91 Å². The number of nitrogens with zero attached hydrogens (tertiary/aromatic N) is 3. The Kier molecular flexibility index (Phi) is 4.54. The van der Waals surface area contributed by atoms with Gasteiger partial charge in [0.15, 0.2) is 0 Å². The van der Waals surface area contributed by atoms with Crippen LogP contribution in [0.1, 0.15) is 16.2 Å². The summed E-state index contributed by atoms with van der Waals surface area (Å²) in [6, 6.07) is 12.7. The number of amides is 1. The molecule has 2 aromatic carbocycles. The number of benzene rings is 2. The van der Waals surface area contributed by atoms with Crippen LogP contribution in [-0.4, -0.2) is 26.8 Å². The van der Waals surface area contributed by atoms with Gasteiger partial charge in [0.1, 0.15) is 0 Å². The number of aromatic nitrogens is 3. The summed E-state index contributed by atoms with van der Waals surface area (Å²) in [7, 11) is 1.00. The molecule has 136 valence electrons. The van der Waals surface area contributed by atoms with E-state index in [-0.39, 0.29) is 19.0 Å². The van der Waals surface area contributed by atoms with Crippen LogP contribution in [0.15, 0.2) is 47.3 Å². The van der Waals surface area contributed by atoms with Gasteiger partial charge >= 0.3 is 11.9 Å². The summed E-state index contributed by atoms with van der Waals surface area (Å²) >= 11 is 0. The molecule has 3 rings (SSSR count). The molecule has 1 heterocycles. The standard InChI is InChI=1S/C17H15F3N4O2/c1-23-15(17(18,19)20)22-24(16(23)26)9-8-21-14(25)13-7-6-11-4-2-3-5-12(11)10-13/h2-7,10H,8-9H2,1H3,(H,21,25). The van der Waals surface area contributed by atoms with Crippen molar-refractivity contribution in [2.75, 3.05) is 6.54 Å². The van der Waals surface area contributed by atoms with Crippen molar-refractivity contribution in [3.63, 3.8) is 0 Å². The number of hydrogen-bond acceptors (Lipinski definition) is 3. The van der Waals surface area contributed by atoms with Crippen LogP contribution in [-0.2, 0) is 19.8 Å². The van der Waals surface area contributed by atoms with Crippen LogP contribution < -0.4 is 11.0 Å². The largest absolute Gasteiger partial charge is 0.451 e. The third-order valence-corrected chi connectivity index (χ3v) is 3.92. The van der Waals surface area contributed by atoms with Gasteiger partial charge in [-0.05, 0) is 22.9 Å². The van der Waals surface area contributed by atoms with Crippen LogP contribution in [0, 0.1) is 0 Å². The lowest BCUT2D eigenvalue weighted by Gasteiger charge is -2.06. The Morgan fingerprint density at radius 2 is 1.85 bits per heavy atom. The first-order chi connectivity index (χ1) is 12.3. The fraction of sp³-hybridized carbons (Fsp3) is 0.235. The summed E-state index contributed by atoms with van der Waals surface area (Å²) in [4.78, 5) is 24.0. The fourth-order valence-electron chi connectivity index (χ4n) is 2.59. The Labute approximate surface area is 145 Å². The highest BCUT2D eigenvalue weighted by Crippen LogP contribution is 2.25. The predicted molar refractivity (Wildman–Crippen MR) is 88.8 cm³/mol. The van der Waals surface area contributed by atoms with Crippen molar-refractivity contribution in [1.29, 1.82) is 0 Å². The Bertz CT molecular complexity index is 1020. The topological polar surface area (TPSA) is 68.9 Å². The van der Waals surface area contributed by atoms with Gasteiger partial charge in [-0.3, -0.25) is 9.36 Å². The van der Waals surface area contributed by atoms with Gasteiger partial charge in [-0.15, -0.1) is 5.10 Å². The molecule has 3 aromatic rings. The molecule has 1 aromatic heterocycles. The van der Waals surface area contributed by atoms with E-state index in [4.69, 9.17) is 0 Å². The van der Waals surface area contributed by atoms with Crippen LogP contribution >= 0.6 is 0 Å². The second-order valence-electron chi connectivity index (χ2n) is 5.70. The Morgan fingerprint density at radius 1 is 1.15 bits per heavy atom. The number of alkyl halides is 3. The molecule has 0 radical (unpaired) electrons. The molecule has 1 amide bonds. The number of nitrogens with one attached hydrogen (secondary N) is 1. The van der Waals surface area contributed by atoms with Crippen LogP contribution in [0.2, 0.25) is 0 Å². The van der Waals surface area contributed by atoms with Gasteiger partial charge in [-0.25, -0.2) is 9.48 Å². The zero-order valence-electron chi connectivity index (χ0n) is 13.7. The van der Waals surface area contributed by atoms with Gasteiger partial charge < -0.3 is 5.32 Å². The first-order valence-corrected chi connectivity index (χ1v) is 7.75. The molecule has 0 saturated heterocycles. The summed E-state index contributed by atoms with van der Waals surface area (Å²) in [6.07, 6.45) is -4.71. The molecule has 1 N–H and O–H groups in total. The van der Waals surface area contributed by atoms with Crippen LogP contribution in [0.4, 0.5) is 13.2 Å². The van der Waals surface area contributed by atoms with E-state index < -0.39 is 17.7 Å². The average molecular weight is 364 g/mol. The Morgan fingerprint density at radius 3 is 2.50 bits per heavy atom. The number of carbonyl (C=O) groups is 1. The molecule has 0 fully saturated rings. The fourth-order valence-corrected chi connectivity index (χ4v) is 2.59. The summed E-state index contributed by atoms with van der Waals surface area (Å²) in [5, 5.41) is 7.75. The predicted octanol–water partition coefficient (Wildman–Crippen LogP) is 2.18. The van der Waals surface area contributed by atoms with E-state index in [1.165, 1.54) is 0 Å². The lowest BCUT2D eigenvalue weighted by atomic mass is 10.1. The van der Waals surface area contributed by atoms with E-state index in [1.807, 2.05) is 30.3 Å². The second kappa shape index (κ2) is 6.66. The summed E-state index contributed by atoms with van der Waals surface area (Å²) < 4.78 is 39.3. The first-order valence-electron chi connectivity index (χ1n) is 7.75. The zero-order valence-corrected chi connectivity index (χ0v) is 13.7. The molecule has 26 heavy (non-hydrogen) atoms. The van der Waals surface area contributed by atoms with E-state index in [1.54, 1.807) is 12.1 Å². The number of carbonyl (C=O) groups excluding carboxylic acids is 1. The average Bonchev–Trinajstić information content (AvgIpc) is 2.90. The van der Waals surface area contributed by atoms with Crippen molar-refractivity contribution in [3.8, 4) is 0 Å². The SMILES string of the molecule is Cn1c(C(F)(F)F)nn(CCNC(=O)c2ccc3ccccc3c2)c1=O. The monoisotopic (exact) mass is 364 g/mol. The summed E-state index contributed by atoms with van der Waals surface area (Å²) in [6.45, 7) is -0.193. The minimum absolute atomic E-state index is 0.0279. The van der Waals surface area contributed by atoms with E-state index in [2.05, 4.69) is 10.4 Å². The molecule has 0 aliphatic rings. The molecule has 9 heteroatoms. The summed E-state index contributed by atoms with van der Waals surface area (Å²) in [5.41, 5.74) is -0.467. The number of halogens is 3. The van der Waals surface area contributed by atoms with Crippen molar-refractivity contribution in [2.24, 2.45) is 7.05 Å². The smallest absolute Gasteiger partial charge is 0.350 e. The highest BCUT2D eigenvalue weighted by molar-refractivity contribution is 5.98. The third-order valence-electron chi connectivity index (χ3n) is 3.92. The quantitative estimate of drug-likeness (QED) is 0.772. The highest BCUT2D eigenvalue weighted by Gasteiger charge is 2.37. The van der Waals surface area contributed by atoms with Gasteiger partial charge in [0, 0.05) is 19.2 Å². The van der Waals surface area contributed by atoms with E-state index in [0.717, 1.165) is 17.8 Å². The molecule has 6 nitrogen and oxygen atoms in total. The number of fused-ring (bicyclic) bond motifs is 1. The van der Waals surface area contributed by atoms with Gasteiger partial charge in [0.05, 0.1) is 6.54 Å².